The summed E-state index contributed by atoms with van der Waals surface area (Å²) in [4.78, 5) is 31.3. The van der Waals surface area contributed by atoms with Gasteiger partial charge in [-0.2, -0.15) is 0 Å². The molecule has 1 saturated heterocycles. The van der Waals surface area contributed by atoms with Crippen molar-refractivity contribution in [1.29, 1.82) is 0 Å². The van der Waals surface area contributed by atoms with Gasteiger partial charge >= 0.3 is 0 Å². The highest BCUT2D eigenvalue weighted by molar-refractivity contribution is 5.98. The van der Waals surface area contributed by atoms with Crippen molar-refractivity contribution in [2.45, 2.75) is 12.8 Å². The lowest BCUT2D eigenvalue weighted by Gasteiger charge is -2.31. The van der Waals surface area contributed by atoms with E-state index < -0.39 is 0 Å². The van der Waals surface area contributed by atoms with Crippen molar-refractivity contribution in [2.75, 3.05) is 13.1 Å². The first-order valence-electron chi connectivity index (χ1n) is 8.45. The Morgan fingerprint density at radius 3 is 2.76 bits per heavy atom. The van der Waals surface area contributed by atoms with Gasteiger partial charge in [0.1, 0.15) is 11.3 Å². The first-order chi connectivity index (χ1) is 12.2. The fourth-order valence-electron chi connectivity index (χ4n) is 3.34. The number of fused-ring (bicyclic) bond motifs is 1. The summed E-state index contributed by atoms with van der Waals surface area (Å²) in [6, 6.07) is 14.6. The normalized spacial score (nSPS) is 17.6. The van der Waals surface area contributed by atoms with E-state index >= 15 is 0 Å². The average Bonchev–Trinajstić information content (AvgIpc) is 3.12. The van der Waals surface area contributed by atoms with Crippen LogP contribution in [0.4, 0.5) is 0 Å². The SMILES string of the molecule is O=C(c1ccccn1)C1CCCN(C(=O)c2cc3ccccc3o2)C1. The first kappa shape index (κ1) is 15.6. The third-order valence-electron chi connectivity index (χ3n) is 4.63. The number of rotatable bonds is 3. The number of carbonyl (C=O) groups excluding carboxylic acids is 2. The highest BCUT2D eigenvalue weighted by Crippen LogP contribution is 2.24. The second kappa shape index (κ2) is 6.51. The molecule has 0 aliphatic carbocycles. The molecule has 0 spiro atoms. The maximum atomic E-state index is 12.8. The fourth-order valence-corrected chi connectivity index (χ4v) is 3.34. The van der Waals surface area contributed by atoms with Crippen molar-refractivity contribution in [3.63, 3.8) is 0 Å². The molecule has 1 fully saturated rings. The molecular formula is C20H18N2O3. The molecule has 1 atom stereocenters. The average molecular weight is 334 g/mol. The van der Waals surface area contributed by atoms with Gasteiger partial charge in [0, 0.05) is 30.6 Å². The Bertz CT molecular complexity index is 884. The number of pyridine rings is 1. The largest absolute Gasteiger partial charge is 0.451 e. The zero-order valence-electron chi connectivity index (χ0n) is 13.7. The second-order valence-corrected chi connectivity index (χ2v) is 6.32. The van der Waals surface area contributed by atoms with Gasteiger partial charge < -0.3 is 9.32 Å². The number of Topliss-reactive ketones (excluding diaryl/α,β-unsaturated/α-hetero) is 1. The highest BCUT2D eigenvalue weighted by Gasteiger charge is 2.31. The van der Waals surface area contributed by atoms with E-state index in [1.54, 1.807) is 35.4 Å². The van der Waals surface area contributed by atoms with Crippen LogP contribution in [0.2, 0.25) is 0 Å². The van der Waals surface area contributed by atoms with Gasteiger partial charge in [-0.05, 0) is 37.1 Å². The van der Waals surface area contributed by atoms with Crippen LogP contribution in [0.3, 0.4) is 0 Å². The van der Waals surface area contributed by atoms with Crippen molar-refractivity contribution < 1.29 is 14.0 Å². The van der Waals surface area contributed by atoms with Gasteiger partial charge in [0.15, 0.2) is 11.5 Å². The van der Waals surface area contributed by atoms with E-state index in [-0.39, 0.29) is 17.6 Å². The van der Waals surface area contributed by atoms with Gasteiger partial charge in [-0.15, -0.1) is 0 Å². The third kappa shape index (κ3) is 3.05. The van der Waals surface area contributed by atoms with Gasteiger partial charge in [0.2, 0.25) is 0 Å². The number of hydrogen-bond donors (Lipinski definition) is 0. The molecule has 4 rings (SSSR count). The lowest BCUT2D eigenvalue weighted by atomic mass is 9.92. The molecule has 1 amide bonds. The lowest BCUT2D eigenvalue weighted by Crippen LogP contribution is -2.42. The minimum atomic E-state index is -0.211. The number of nitrogens with zero attached hydrogens (tertiary/aromatic N) is 2. The Kier molecular flexibility index (Phi) is 4.06. The Balaban J connectivity index is 1.52. The van der Waals surface area contributed by atoms with Crippen LogP contribution < -0.4 is 0 Å². The predicted molar refractivity (Wildman–Crippen MR) is 93.4 cm³/mol. The van der Waals surface area contributed by atoms with Gasteiger partial charge in [-0.1, -0.05) is 24.3 Å². The van der Waals surface area contributed by atoms with E-state index in [9.17, 15) is 9.59 Å². The second-order valence-electron chi connectivity index (χ2n) is 6.32. The van der Waals surface area contributed by atoms with Crippen LogP contribution in [-0.4, -0.2) is 34.7 Å². The molecule has 0 saturated carbocycles. The van der Waals surface area contributed by atoms with Crippen molar-refractivity contribution >= 4 is 22.7 Å². The predicted octanol–water partition coefficient (Wildman–Crippen LogP) is 3.56. The summed E-state index contributed by atoms with van der Waals surface area (Å²) in [7, 11) is 0. The zero-order chi connectivity index (χ0) is 17.2. The molecule has 3 heterocycles. The van der Waals surface area contributed by atoms with Gasteiger partial charge in [-0.25, -0.2) is 0 Å². The third-order valence-corrected chi connectivity index (χ3v) is 4.63. The topological polar surface area (TPSA) is 63.4 Å². The summed E-state index contributed by atoms with van der Waals surface area (Å²) in [5, 5.41) is 0.906. The molecule has 1 aromatic carbocycles. The lowest BCUT2D eigenvalue weighted by molar-refractivity contribution is 0.0611. The number of piperidine rings is 1. The summed E-state index contributed by atoms with van der Waals surface area (Å²) >= 11 is 0. The number of hydrogen-bond acceptors (Lipinski definition) is 4. The molecule has 3 aromatic rings. The summed E-state index contributed by atoms with van der Waals surface area (Å²) in [5.74, 6) is -0.0402. The monoisotopic (exact) mass is 334 g/mol. The quantitative estimate of drug-likeness (QED) is 0.687. The Morgan fingerprint density at radius 2 is 1.96 bits per heavy atom. The molecular weight excluding hydrogens is 316 g/mol. The minimum Gasteiger partial charge on any atom is -0.451 e. The number of para-hydroxylation sites is 1. The molecule has 2 aromatic heterocycles. The highest BCUT2D eigenvalue weighted by atomic mass is 16.3. The molecule has 5 heteroatoms. The molecule has 5 nitrogen and oxygen atoms in total. The molecule has 1 aliphatic rings. The molecule has 1 aliphatic heterocycles. The van der Waals surface area contributed by atoms with E-state index in [4.69, 9.17) is 4.42 Å². The number of benzene rings is 1. The zero-order valence-corrected chi connectivity index (χ0v) is 13.7. The number of furan rings is 1. The molecule has 126 valence electrons. The summed E-state index contributed by atoms with van der Waals surface area (Å²) in [5.41, 5.74) is 1.16. The number of aromatic nitrogens is 1. The smallest absolute Gasteiger partial charge is 0.289 e. The van der Waals surface area contributed by atoms with E-state index in [0.717, 1.165) is 18.2 Å². The molecule has 25 heavy (non-hydrogen) atoms. The molecule has 0 N–H and O–H groups in total. The van der Waals surface area contributed by atoms with E-state index in [1.165, 1.54) is 0 Å². The van der Waals surface area contributed by atoms with Crippen molar-refractivity contribution in [1.82, 2.24) is 9.88 Å². The number of amides is 1. The number of carbonyl (C=O) groups is 2. The van der Waals surface area contributed by atoms with Crippen molar-refractivity contribution in [3.05, 3.63) is 66.2 Å². The first-order valence-corrected chi connectivity index (χ1v) is 8.45. The van der Waals surface area contributed by atoms with Gasteiger partial charge in [0.25, 0.3) is 5.91 Å². The van der Waals surface area contributed by atoms with Crippen LogP contribution in [0.1, 0.15) is 33.9 Å². The van der Waals surface area contributed by atoms with Crippen molar-refractivity contribution in [3.8, 4) is 0 Å². The van der Waals surface area contributed by atoms with Crippen LogP contribution >= 0.6 is 0 Å². The number of ketones is 1. The van der Waals surface area contributed by atoms with Gasteiger partial charge in [0.05, 0.1) is 0 Å². The maximum absolute atomic E-state index is 12.8. The molecule has 0 radical (unpaired) electrons. The van der Waals surface area contributed by atoms with Crippen LogP contribution in [-0.2, 0) is 0 Å². The number of likely N-dealkylation sites (tertiary alicyclic amines) is 1. The van der Waals surface area contributed by atoms with Crippen molar-refractivity contribution in [2.24, 2.45) is 5.92 Å². The molecule has 0 bridgehead atoms. The van der Waals surface area contributed by atoms with E-state index in [0.29, 0.717) is 30.1 Å². The fraction of sp³-hybridized carbons (Fsp3) is 0.250. The van der Waals surface area contributed by atoms with Crippen LogP contribution in [0, 0.1) is 5.92 Å². The van der Waals surface area contributed by atoms with Crippen LogP contribution in [0.5, 0.6) is 0 Å². The summed E-state index contributed by atoms with van der Waals surface area (Å²) < 4.78 is 5.67. The van der Waals surface area contributed by atoms with Gasteiger partial charge in [-0.3, -0.25) is 14.6 Å². The van der Waals surface area contributed by atoms with E-state index in [2.05, 4.69) is 4.98 Å². The Labute approximate surface area is 145 Å². The van der Waals surface area contributed by atoms with Crippen LogP contribution in [0.25, 0.3) is 11.0 Å². The summed E-state index contributed by atoms with van der Waals surface area (Å²) in [6.45, 7) is 1.05. The Hall–Kier alpha value is -2.95. The minimum absolute atomic E-state index is 0.00251. The van der Waals surface area contributed by atoms with E-state index in [1.807, 2.05) is 24.3 Å². The Morgan fingerprint density at radius 1 is 1.12 bits per heavy atom. The maximum Gasteiger partial charge on any atom is 0.289 e. The summed E-state index contributed by atoms with van der Waals surface area (Å²) in [6.07, 6.45) is 3.20. The standard InChI is InChI=1S/C20H18N2O3/c23-19(16-8-3-4-10-21-16)15-7-5-11-22(13-15)20(24)18-12-14-6-1-2-9-17(14)25-18/h1-4,6,8-10,12,15H,5,7,11,13H2. The van der Waals surface area contributed by atoms with Crippen LogP contribution in [0.15, 0.2) is 59.1 Å². The molecule has 1 unspecified atom stereocenters.